The summed E-state index contributed by atoms with van der Waals surface area (Å²) in [5.41, 5.74) is 0. The van der Waals surface area contributed by atoms with E-state index in [1.807, 2.05) is 0 Å². The van der Waals surface area contributed by atoms with Crippen LogP contribution in [0.5, 0.6) is 0 Å². The third-order valence-corrected chi connectivity index (χ3v) is 1.33. The zero-order valence-corrected chi connectivity index (χ0v) is 11.0. The van der Waals surface area contributed by atoms with E-state index in [0.717, 1.165) is 26.1 Å². The largest absolute Gasteiger partial charge is 1.00 e. The second-order valence-electron chi connectivity index (χ2n) is 2.43. The van der Waals surface area contributed by atoms with Crippen molar-refractivity contribution in [1.29, 1.82) is 0 Å². The van der Waals surface area contributed by atoms with Crippen LogP contribution in [0, 0.1) is 6.92 Å². The van der Waals surface area contributed by atoms with Gasteiger partial charge in [-0.3, -0.25) is 9.11 Å². The first-order valence-corrected chi connectivity index (χ1v) is 5.14. The van der Waals surface area contributed by atoms with Gasteiger partial charge in [0.25, 0.3) is 0 Å². The monoisotopic (exact) mass is 235 g/mol. The fraction of sp³-hybridized carbons (Fsp3) is 0.833. The van der Waals surface area contributed by atoms with Gasteiger partial charge in [0.2, 0.25) is 0 Å². The van der Waals surface area contributed by atoms with E-state index in [4.69, 9.17) is 22.3 Å². The topological polar surface area (TPSA) is 95.9 Å². The molecule has 0 spiro atoms. The first kappa shape index (κ1) is 17.2. The Morgan fingerprint density at radius 3 is 2.21 bits per heavy atom. The van der Waals surface area contributed by atoms with Crippen molar-refractivity contribution in [3.8, 4) is 0 Å². The van der Waals surface area contributed by atoms with Crippen molar-refractivity contribution < 1.29 is 51.8 Å². The summed E-state index contributed by atoms with van der Waals surface area (Å²) >= 11 is 0. The Morgan fingerprint density at radius 2 is 2.00 bits per heavy atom. The molecule has 14 heavy (non-hydrogen) atoms. The zero-order chi connectivity index (χ0) is 10.3. The third kappa shape index (κ3) is 15.3. The molecule has 1 atom stereocenters. The molecule has 0 aliphatic carbocycles. The smallest absolute Gasteiger partial charge is 0.378 e. The summed E-state index contributed by atoms with van der Waals surface area (Å²) in [6, 6.07) is 0. The van der Waals surface area contributed by atoms with E-state index in [1.165, 1.54) is 0 Å². The summed E-state index contributed by atoms with van der Waals surface area (Å²) in [6.45, 7) is 6.56. The molecule has 1 rings (SSSR count). The van der Waals surface area contributed by atoms with E-state index in [-0.39, 0.29) is 29.6 Å². The Balaban J connectivity index is 0. The molecule has 0 aromatic rings. The molecule has 0 bridgehead atoms. The maximum Gasteiger partial charge on any atom is 1.00 e. The Kier molecular flexibility index (Phi) is 11.1. The predicted molar refractivity (Wildman–Crippen MR) is 46.8 cm³/mol. The van der Waals surface area contributed by atoms with E-state index >= 15 is 0 Å². The minimum atomic E-state index is -4.67. The van der Waals surface area contributed by atoms with Gasteiger partial charge in [0.15, 0.2) is 0 Å². The molecule has 80 valence electrons. The van der Waals surface area contributed by atoms with Crippen molar-refractivity contribution in [1.82, 2.24) is 5.32 Å². The van der Waals surface area contributed by atoms with Crippen LogP contribution in [0.1, 0.15) is 6.42 Å². The number of nitrogens with one attached hydrogen (secondary N) is 1. The molecule has 6 nitrogen and oxygen atoms in total. The van der Waals surface area contributed by atoms with Crippen LogP contribution in [0.3, 0.4) is 0 Å². The van der Waals surface area contributed by atoms with Crippen LogP contribution in [0.4, 0.5) is 0 Å². The Bertz CT molecular complexity index is 206. The quantitative estimate of drug-likeness (QED) is 0.248. The molecule has 0 aromatic carbocycles. The van der Waals surface area contributed by atoms with Gasteiger partial charge in [-0.05, 0) is 0 Å². The van der Waals surface area contributed by atoms with Crippen LogP contribution in [0.25, 0.3) is 0 Å². The van der Waals surface area contributed by atoms with Gasteiger partial charge in [0, 0.05) is 19.2 Å². The van der Waals surface area contributed by atoms with Gasteiger partial charge in [-0.1, -0.05) is 0 Å². The van der Waals surface area contributed by atoms with E-state index in [1.54, 1.807) is 0 Å². The molecular weight excluding hydrogens is 221 g/mol. The Labute approximate surface area is 106 Å². The summed E-state index contributed by atoms with van der Waals surface area (Å²) in [4.78, 5) is 0. The molecule has 1 aliphatic heterocycles. The second-order valence-corrected chi connectivity index (χ2v) is 3.33. The average Bonchev–Trinajstić information content (AvgIpc) is 2.03. The number of rotatable bonds is 1. The predicted octanol–water partition coefficient (Wildman–Crippen LogP) is -3.45. The van der Waals surface area contributed by atoms with Crippen molar-refractivity contribution >= 4 is 10.4 Å². The number of hydrogen-bond donors (Lipinski definition) is 3. The van der Waals surface area contributed by atoms with Gasteiger partial charge in [-0.25, -0.2) is 0 Å². The molecule has 1 fully saturated rings. The minimum absolute atomic E-state index is 0. The fourth-order valence-electron chi connectivity index (χ4n) is 0.805. The molecule has 3 N–H and O–H groups in total. The second kappa shape index (κ2) is 9.05. The van der Waals surface area contributed by atoms with E-state index in [2.05, 4.69) is 12.2 Å². The molecule has 1 heterocycles. The van der Waals surface area contributed by atoms with Gasteiger partial charge in [-0.15, -0.1) is 0 Å². The third-order valence-electron chi connectivity index (χ3n) is 1.33. The molecule has 1 unspecified atom stereocenters. The van der Waals surface area contributed by atoms with E-state index in [9.17, 15) is 0 Å². The van der Waals surface area contributed by atoms with Crippen molar-refractivity contribution in [3.05, 3.63) is 6.92 Å². The summed E-state index contributed by atoms with van der Waals surface area (Å²) in [6.07, 6.45) is 1.25. The van der Waals surface area contributed by atoms with Gasteiger partial charge in [0.05, 0.1) is 6.61 Å². The molecule has 8 heteroatoms. The molecule has 0 saturated carbocycles. The number of hydrogen-bond acceptors (Lipinski definition) is 4. The summed E-state index contributed by atoms with van der Waals surface area (Å²) in [5.74, 6) is 0. The fourth-order valence-corrected chi connectivity index (χ4v) is 0.805. The van der Waals surface area contributed by atoms with Crippen molar-refractivity contribution in [2.45, 2.75) is 12.5 Å². The molecule has 1 aliphatic rings. The molecule has 1 saturated heterocycles. The van der Waals surface area contributed by atoms with E-state index < -0.39 is 10.4 Å². The maximum absolute atomic E-state index is 8.74. The van der Waals surface area contributed by atoms with E-state index in [0.29, 0.717) is 6.10 Å². The summed E-state index contributed by atoms with van der Waals surface area (Å²) < 4.78 is 36.9. The van der Waals surface area contributed by atoms with Crippen LogP contribution in [-0.4, -0.2) is 43.3 Å². The van der Waals surface area contributed by atoms with Crippen LogP contribution in [0.15, 0.2) is 0 Å². The van der Waals surface area contributed by atoms with Gasteiger partial charge in [0.1, 0.15) is 0 Å². The first-order chi connectivity index (χ1) is 5.93. The SMILES string of the molecule is O=S(=O)(O)O.[CH2-]CC1CNCCO1.[Na+]. The Hall–Kier alpha value is 0.790. The van der Waals surface area contributed by atoms with Gasteiger partial charge >= 0.3 is 40.0 Å². The van der Waals surface area contributed by atoms with Crippen LogP contribution >= 0.6 is 0 Å². The molecule has 0 amide bonds. The molecule has 0 radical (unpaired) electrons. The van der Waals surface area contributed by atoms with Crippen molar-refractivity contribution in [3.63, 3.8) is 0 Å². The average molecular weight is 235 g/mol. The zero-order valence-electron chi connectivity index (χ0n) is 8.14. The Morgan fingerprint density at radius 1 is 1.50 bits per heavy atom. The van der Waals surface area contributed by atoms with Crippen molar-refractivity contribution in [2.75, 3.05) is 19.7 Å². The number of morpholine rings is 1. The van der Waals surface area contributed by atoms with Crippen molar-refractivity contribution in [2.24, 2.45) is 0 Å². The first-order valence-electron chi connectivity index (χ1n) is 3.75. The maximum atomic E-state index is 8.74. The number of ether oxygens (including phenoxy) is 1. The van der Waals surface area contributed by atoms with Gasteiger partial charge in [-0.2, -0.15) is 14.8 Å². The van der Waals surface area contributed by atoms with Crippen LogP contribution in [-0.2, 0) is 15.1 Å². The standard InChI is InChI=1S/C6H12NO.Na.H2O4S/c1-2-6-5-7-3-4-8-6;;1-5(2,3)4/h6-7H,1-5H2;;(H2,1,2,3,4)/q-1;+1;. The normalized spacial score (nSPS) is 21.5. The minimum Gasteiger partial charge on any atom is -0.378 e. The summed E-state index contributed by atoms with van der Waals surface area (Å²) in [5, 5.41) is 3.22. The van der Waals surface area contributed by atoms with Crippen LogP contribution in [0.2, 0.25) is 0 Å². The van der Waals surface area contributed by atoms with Crippen LogP contribution < -0.4 is 34.9 Å². The summed E-state index contributed by atoms with van der Waals surface area (Å²) in [7, 11) is -4.67. The van der Waals surface area contributed by atoms with Gasteiger partial charge < -0.3 is 17.0 Å². The molecule has 0 aromatic heterocycles. The molecular formula is C6H14NNaO5S.